The van der Waals surface area contributed by atoms with Crippen LogP contribution in [0.2, 0.25) is 0 Å². The van der Waals surface area contributed by atoms with E-state index in [-0.39, 0.29) is 12.3 Å². The Labute approximate surface area is 144 Å². The van der Waals surface area contributed by atoms with Crippen molar-refractivity contribution in [2.24, 2.45) is 0 Å². The minimum absolute atomic E-state index is 0.141. The van der Waals surface area contributed by atoms with Gasteiger partial charge in [-0.2, -0.15) is 0 Å². The number of carboxylic acids is 1. The first-order chi connectivity index (χ1) is 11.6. The number of aryl methyl sites for hydroxylation is 1. The van der Waals surface area contributed by atoms with Crippen LogP contribution in [0.3, 0.4) is 0 Å². The fourth-order valence-electron chi connectivity index (χ4n) is 2.15. The average molecular weight is 348 g/mol. The Hall–Kier alpha value is -2.35. The molecule has 0 unspecified atom stereocenters. The predicted octanol–water partition coefficient (Wildman–Crippen LogP) is 2.67. The van der Waals surface area contributed by atoms with Crippen molar-refractivity contribution in [3.05, 3.63) is 29.0 Å². The molecule has 2 aromatic heterocycles. The van der Waals surface area contributed by atoms with E-state index in [1.807, 2.05) is 0 Å². The zero-order valence-electron chi connectivity index (χ0n) is 13.5. The summed E-state index contributed by atoms with van der Waals surface area (Å²) in [5, 5.41) is 12.1. The van der Waals surface area contributed by atoms with Gasteiger partial charge < -0.3 is 10.4 Å². The van der Waals surface area contributed by atoms with Crippen LogP contribution in [0.5, 0.6) is 0 Å². The lowest BCUT2D eigenvalue weighted by Crippen LogP contribution is -2.24. The van der Waals surface area contributed by atoms with Crippen LogP contribution < -0.4 is 5.32 Å². The van der Waals surface area contributed by atoms with Gasteiger partial charge in [-0.25, -0.2) is 15.0 Å². The van der Waals surface area contributed by atoms with Gasteiger partial charge in [-0.3, -0.25) is 9.59 Å². The Morgan fingerprint density at radius 2 is 1.88 bits per heavy atom. The van der Waals surface area contributed by atoms with Gasteiger partial charge in [0.25, 0.3) is 5.91 Å². The number of amides is 1. The highest BCUT2D eigenvalue weighted by Crippen LogP contribution is 2.24. The highest BCUT2D eigenvalue weighted by atomic mass is 32.1. The lowest BCUT2D eigenvalue weighted by molar-refractivity contribution is -0.137. The molecule has 2 N–H and O–H groups in total. The van der Waals surface area contributed by atoms with E-state index in [4.69, 9.17) is 5.11 Å². The minimum atomic E-state index is -0.762. The third-order valence-electron chi connectivity index (χ3n) is 3.36. The molecular formula is C16H20N4O3S. The zero-order valence-corrected chi connectivity index (χ0v) is 14.3. The van der Waals surface area contributed by atoms with Gasteiger partial charge in [0.2, 0.25) is 0 Å². The molecule has 128 valence electrons. The summed E-state index contributed by atoms with van der Waals surface area (Å²) in [5.74, 6) is -0.386. The number of nitrogens with one attached hydrogen (secondary N) is 1. The molecule has 2 aromatic rings. The minimum Gasteiger partial charge on any atom is -0.481 e. The molecule has 0 bridgehead atoms. The van der Waals surface area contributed by atoms with Crippen LogP contribution in [0.4, 0.5) is 0 Å². The van der Waals surface area contributed by atoms with Crippen LogP contribution >= 0.6 is 11.3 Å². The van der Waals surface area contributed by atoms with E-state index < -0.39 is 5.97 Å². The Kier molecular flexibility index (Phi) is 6.80. The summed E-state index contributed by atoms with van der Waals surface area (Å²) in [5.41, 5.74) is 0.668. The molecule has 1 amide bonds. The van der Waals surface area contributed by atoms with Gasteiger partial charge in [0.1, 0.15) is 4.88 Å². The van der Waals surface area contributed by atoms with Crippen molar-refractivity contribution in [3.63, 3.8) is 0 Å². The van der Waals surface area contributed by atoms with E-state index >= 15 is 0 Å². The fourth-order valence-corrected chi connectivity index (χ4v) is 3.08. The fraction of sp³-hybridized carbons (Fsp3) is 0.438. The molecule has 7 nitrogen and oxygen atoms in total. The van der Waals surface area contributed by atoms with Gasteiger partial charge in [0.05, 0.1) is 5.69 Å². The lowest BCUT2D eigenvalue weighted by Gasteiger charge is -2.03. The van der Waals surface area contributed by atoms with Crippen LogP contribution in [0, 0.1) is 6.92 Å². The number of carboxylic acid groups (broad SMARTS) is 1. The van der Waals surface area contributed by atoms with Crippen LogP contribution in [0.15, 0.2) is 18.5 Å². The summed E-state index contributed by atoms with van der Waals surface area (Å²) in [4.78, 5) is 35.9. The van der Waals surface area contributed by atoms with Crippen molar-refractivity contribution in [2.75, 3.05) is 6.54 Å². The van der Waals surface area contributed by atoms with E-state index in [9.17, 15) is 9.59 Å². The molecule has 0 aromatic carbocycles. The van der Waals surface area contributed by atoms with E-state index in [1.165, 1.54) is 11.3 Å². The molecule has 0 spiro atoms. The molecule has 0 fully saturated rings. The van der Waals surface area contributed by atoms with Crippen LogP contribution in [0.1, 0.15) is 47.5 Å². The van der Waals surface area contributed by atoms with Gasteiger partial charge in [0.15, 0.2) is 10.8 Å². The summed E-state index contributed by atoms with van der Waals surface area (Å²) in [6.07, 6.45) is 6.76. The van der Waals surface area contributed by atoms with Crippen LogP contribution in [0.25, 0.3) is 10.8 Å². The molecule has 0 saturated heterocycles. The van der Waals surface area contributed by atoms with E-state index in [0.717, 1.165) is 19.3 Å². The van der Waals surface area contributed by atoms with E-state index in [1.54, 1.807) is 25.4 Å². The van der Waals surface area contributed by atoms with Crippen molar-refractivity contribution in [2.45, 2.75) is 39.0 Å². The highest BCUT2D eigenvalue weighted by Gasteiger charge is 2.16. The predicted molar refractivity (Wildman–Crippen MR) is 90.9 cm³/mol. The number of aromatic nitrogens is 3. The number of hydrogen-bond donors (Lipinski definition) is 2. The molecule has 0 radical (unpaired) electrons. The number of unbranched alkanes of at least 4 members (excludes halogenated alkanes) is 3. The van der Waals surface area contributed by atoms with Gasteiger partial charge in [0, 0.05) is 25.4 Å². The monoisotopic (exact) mass is 348 g/mol. The summed E-state index contributed by atoms with van der Waals surface area (Å²) < 4.78 is 0. The molecule has 2 rings (SSSR count). The third kappa shape index (κ3) is 5.38. The Bertz CT molecular complexity index is 688. The molecule has 24 heavy (non-hydrogen) atoms. The zero-order chi connectivity index (χ0) is 17.4. The first-order valence-corrected chi connectivity index (χ1v) is 8.64. The first-order valence-electron chi connectivity index (χ1n) is 7.82. The average Bonchev–Trinajstić information content (AvgIpc) is 2.96. The van der Waals surface area contributed by atoms with Crippen molar-refractivity contribution >= 4 is 23.2 Å². The van der Waals surface area contributed by atoms with Gasteiger partial charge >= 0.3 is 5.97 Å². The summed E-state index contributed by atoms with van der Waals surface area (Å²) in [6.45, 7) is 2.37. The second-order valence-corrected chi connectivity index (χ2v) is 6.32. The van der Waals surface area contributed by atoms with Crippen LogP contribution in [-0.4, -0.2) is 38.5 Å². The van der Waals surface area contributed by atoms with Gasteiger partial charge in [-0.05, 0) is 25.8 Å². The molecule has 0 saturated carbocycles. The normalized spacial score (nSPS) is 10.5. The smallest absolute Gasteiger partial charge is 0.303 e. The number of aliphatic carboxylic acids is 1. The standard InChI is InChI=1S/C16H20N4O3S/c1-11-13(24-16(20-11)14-17-9-6-10-18-14)15(23)19-8-5-3-2-4-7-12(21)22/h6,9-10H,2-5,7-8H2,1H3,(H,19,23)(H,21,22). The molecule has 0 aliphatic heterocycles. The molecular weight excluding hydrogens is 328 g/mol. The molecule has 0 atom stereocenters. The molecule has 0 aliphatic rings. The van der Waals surface area contributed by atoms with Crippen molar-refractivity contribution in [3.8, 4) is 10.8 Å². The maximum Gasteiger partial charge on any atom is 0.303 e. The van der Waals surface area contributed by atoms with Crippen molar-refractivity contribution < 1.29 is 14.7 Å². The van der Waals surface area contributed by atoms with Crippen molar-refractivity contribution in [1.29, 1.82) is 0 Å². The Morgan fingerprint density at radius 1 is 1.17 bits per heavy atom. The first kappa shape index (κ1) is 18.0. The second kappa shape index (κ2) is 9.07. The molecule has 2 heterocycles. The number of carbonyl (C=O) groups is 2. The highest BCUT2D eigenvalue weighted by molar-refractivity contribution is 7.17. The SMILES string of the molecule is Cc1nc(-c2ncccn2)sc1C(=O)NCCCCCCC(=O)O. The summed E-state index contributed by atoms with van der Waals surface area (Å²) in [6, 6.07) is 1.73. The second-order valence-electron chi connectivity index (χ2n) is 5.32. The van der Waals surface area contributed by atoms with Gasteiger partial charge in [-0.15, -0.1) is 11.3 Å². The molecule has 0 aliphatic carbocycles. The lowest BCUT2D eigenvalue weighted by atomic mass is 10.1. The third-order valence-corrected chi connectivity index (χ3v) is 4.52. The number of rotatable bonds is 9. The quantitative estimate of drug-likeness (QED) is 0.675. The maximum absolute atomic E-state index is 12.2. The Balaban J connectivity index is 1.79. The van der Waals surface area contributed by atoms with Crippen molar-refractivity contribution in [1.82, 2.24) is 20.3 Å². The maximum atomic E-state index is 12.2. The van der Waals surface area contributed by atoms with E-state index in [2.05, 4.69) is 20.3 Å². The Morgan fingerprint density at radius 3 is 2.58 bits per heavy atom. The molecule has 8 heteroatoms. The van der Waals surface area contributed by atoms with E-state index in [0.29, 0.717) is 34.4 Å². The topological polar surface area (TPSA) is 105 Å². The van der Waals surface area contributed by atoms with Crippen LogP contribution in [-0.2, 0) is 4.79 Å². The van der Waals surface area contributed by atoms with Gasteiger partial charge in [-0.1, -0.05) is 12.8 Å². The number of hydrogen-bond acceptors (Lipinski definition) is 6. The number of thiazole rings is 1. The summed E-state index contributed by atoms with van der Waals surface area (Å²) in [7, 11) is 0. The largest absolute Gasteiger partial charge is 0.481 e. The number of nitrogens with zero attached hydrogens (tertiary/aromatic N) is 3. The summed E-state index contributed by atoms with van der Waals surface area (Å²) >= 11 is 1.28. The number of carbonyl (C=O) groups excluding carboxylic acids is 1.